The van der Waals surface area contributed by atoms with Crippen molar-refractivity contribution in [2.75, 3.05) is 11.9 Å². The number of urea groups is 1. The van der Waals surface area contributed by atoms with Crippen LogP contribution < -0.4 is 15.8 Å². The Labute approximate surface area is 146 Å². The van der Waals surface area contributed by atoms with E-state index in [0.717, 1.165) is 12.0 Å². The molecule has 0 heterocycles. The van der Waals surface area contributed by atoms with Crippen molar-refractivity contribution < 1.29 is 13.2 Å². The van der Waals surface area contributed by atoms with Crippen molar-refractivity contribution >= 4 is 33.3 Å². The summed E-state index contributed by atoms with van der Waals surface area (Å²) in [4.78, 5) is 11.8. The fourth-order valence-electron chi connectivity index (χ4n) is 2.05. The van der Waals surface area contributed by atoms with Gasteiger partial charge in [0.15, 0.2) is 0 Å². The molecule has 0 aliphatic rings. The minimum absolute atomic E-state index is 0.0896. The molecule has 0 unspecified atom stereocenters. The minimum atomic E-state index is -3.66. The van der Waals surface area contributed by atoms with Gasteiger partial charge in [0, 0.05) is 17.3 Å². The van der Waals surface area contributed by atoms with Crippen molar-refractivity contribution in [1.29, 1.82) is 0 Å². The lowest BCUT2D eigenvalue weighted by Crippen LogP contribution is -2.29. The zero-order valence-corrected chi connectivity index (χ0v) is 14.4. The van der Waals surface area contributed by atoms with Crippen molar-refractivity contribution in [3.05, 3.63) is 59.1 Å². The molecule has 2 amide bonds. The van der Waals surface area contributed by atoms with Crippen LogP contribution in [-0.4, -0.2) is 21.0 Å². The van der Waals surface area contributed by atoms with Crippen LogP contribution in [0.2, 0.25) is 5.02 Å². The highest BCUT2D eigenvalue weighted by Gasteiger charge is 2.06. The first kappa shape index (κ1) is 18.3. The molecule has 0 saturated carbocycles. The highest BCUT2D eigenvalue weighted by molar-refractivity contribution is 7.89. The molecule has 0 bridgehead atoms. The van der Waals surface area contributed by atoms with Crippen LogP contribution in [0.4, 0.5) is 10.5 Å². The molecule has 0 fully saturated rings. The van der Waals surface area contributed by atoms with Gasteiger partial charge in [0.05, 0.1) is 4.90 Å². The molecule has 0 aromatic heterocycles. The molecule has 0 radical (unpaired) electrons. The maximum absolute atomic E-state index is 11.7. The van der Waals surface area contributed by atoms with E-state index in [1.165, 1.54) is 12.1 Å². The summed E-state index contributed by atoms with van der Waals surface area (Å²) in [6, 6.07) is 12.9. The number of halogens is 1. The summed E-state index contributed by atoms with van der Waals surface area (Å²) in [5.41, 5.74) is 1.64. The highest BCUT2D eigenvalue weighted by atomic mass is 35.5. The van der Waals surface area contributed by atoms with E-state index in [1.807, 2.05) is 0 Å². The second-order valence-electron chi connectivity index (χ2n) is 5.18. The Kier molecular flexibility index (Phi) is 6.19. The van der Waals surface area contributed by atoms with Gasteiger partial charge in [-0.1, -0.05) is 23.7 Å². The number of primary sulfonamides is 1. The Morgan fingerprint density at radius 1 is 1.04 bits per heavy atom. The largest absolute Gasteiger partial charge is 0.338 e. The summed E-state index contributed by atoms with van der Waals surface area (Å²) >= 11 is 5.77. The smallest absolute Gasteiger partial charge is 0.319 e. The molecular weight excluding hydrogens is 350 g/mol. The van der Waals surface area contributed by atoms with E-state index in [9.17, 15) is 13.2 Å². The molecular formula is C16H18ClN3O3S. The molecule has 0 aliphatic carbocycles. The van der Waals surface area contributed by atoms with Gasteiger partial charge in [-0.05, 0) is 54.8 Å². The number of benzene rings is 2. The minimum Gasteiger partial charge on any atom is -0.338 e. The molecule has 0 saturated heterocycles. The van der Waals surface area contributed by atoms with Crippen molar-refractivity contribution in [2.45, 2.75) is 17.7 Å². The van der Waals surface area contributed by atoms with Crippen molar-refractivity contribution in [3.63, 3.8) is 0 Å². The molecule has 0 spiro atoms. The van der Waals surface area contributed by atoms with E-state index < -0.39 is 10.0 Å². The molecule has 2 aromatic carbocycles. The third kappa shape index (κ3) is 5.84. The first-order valence-electron chi connectivity index (χ1n) is 7.27. The summed E-state index contributed by atoms with van der Waals surface area (Å²) in [5, 5.41) is 11.1. The van der Waals surface area contributed by atoms with Gasteiger partial charge in [-0.3, -0.25) is 0 Å². The first-order valence-corrected chi connectivity index (χ1v) is 9.19. The number of carbonyl (C=O) groups excluding carboxylic acids is 1. The van der Waals surface area contributed by atoms with E-state index in [1.54, 1.807) is 36.4 Å². The van der Waals surface area contributed by atoms with Crippen LogP contribution in [0.5, 0.6) is 0 Å². The van der Waals surface area contributed by atoms with Gasteiger partial charge < -0.3 is 10.6 Å². The van der Waals surface area contributed by atoms with Gasteiger partial charge in [-0.25, -0.2) is 18.4 Å². The highest BCUT2D eigenvalue weighted by Crippen LogP contribution is 2.13. The molecule has 0 atom stereocenters. The quantitative estimate of drug-likeness (QED) is 0.684. The Morgan fingerprint density at radius 2 is 1.67 bits per heavy atom. The number of anilines is 1. The van der Waals surface area contributed by atoms with Crippen molar-refractivity contribution in [1.82, 2.24) is 5.32 Å². The monoisotopic (exact) mass is 367 g/mol. The third-order valence-corrected chi connectivity index (χ3v) is 4.46. The summed E-state index contributed by atoms with van der Waals surface area (Å²) in [7, 11) is -3.66. The first-order chi connectivity index (χ1) is 11.3. The lowest BCUT2D eigenvalue weighted by Gasteiger charge is -2.08. The van der Waals surface area contributed by atoms with Crippen LogP contribution >= 0.6 is 11.6 Å². The number of nitrogens with one attached hydrogen (secondary N) is 2. The number of hydrogen-bond acceptors (Lipinski definition) is 3. The second kappa shape index (κ2) is 8.14. The van der Waals surface area contributed by atoms with Crippen molar-refractivity contribution in [3.8, 4) is 0 Å². The number of aryl methyl sites for hydroxylation is 1. The Bertz CT molecular complexity index is 790. The maximum atomic E-state index is 11.7. The zero-order valence-electron chi connectivity index (χ0n) is 12.8. The molecule has 128 valence electrons. The fraction of sp³-hybridized carbons (Fsp3) is 0.188. The Balaban J connectivity index is 1.72. The molecule has 2 aromatic rings. The summed E-state index contributed by atoms with van der Waals surface area (Å²) < 4.78 is 22.3. The molecule has 0 aliphatic heterocycles. The summed E-state index contributed by atoms with van der Waals surface area (Å²) in [6.45, 7) is 0.496. The number of rotatable bonds is 6. The Morgan fingerprint density at radius 3 is 2.25 bits per heavy atom. The normalized spacial score (nSPS) is 11.1. The molecule has 24 heavy (non-hydrogen) atoms. The lowest BCUT2D eigenvalue weighted by molar-refractivity contribution is 0.252. The van der Waals surface area contributed by atoms with Crippen LogP contribution in [0.1, 0.15) is 12.0 Å². The van der Waals surface area contributed by atoms with Gasteiger partial charge in [-0.15, -0.1) is 0 Å². The van der Waals surface area contributed by atoms with Crippen LogP contribution in [0, 0.1) is 0 Å². The number of hydrogen-bond donors (Lipinski definition) is 3. The van der Waals surface area contributed by atoms with E-state index in [4.69, 9.17) is 16.7 Å². The molecule has 2 rings (SSSR count). The number of amides is 2. The molecule has 6 nitrogen and oxygen atoms in total. The second-order valence-corrected chi connectivity index (χ2v) is 7.18. The number of sulfonamides is 1. The third-order valence-electron chi connectivity index (χ3n) is 3.28. The van der Waals surface area contributed by atoms with Crippen LogP contribution in [-0.2, 0) is 16.4 Å². The average Bonchev–Trinajstić information content (AvgIpc) is 2.53. The zero-order chi connectivity index (χ0) is 17.6. The topological polar surface area (TPSA) is 101 Å². The van der Waals surface area contributed by atoms with Gasteiger partial charge in [-0.2, -0.15) is 0 Å². The molecule has 8 heteroatoms. The van der Waals surface area contributed by atoms with Gasteiger partial charge in [0.2, 0.25) is 10.0 Å². The van der Waals surface area contributed by atoms with E-state index in [0.29, 0.717) is 23.7 Å². The lowest BCUT2D eigenvalue weighted by atomic mass is 10.1. The maximum Gasteiger partial charge on any atom is 0.319 e. The van der Waals surface area contributed by atoms with E-state index in [2.05, 4.69) is 10.6 Å². The van der Waals surface area contributed by atoms with E-state index in [-0.39, 0.29) is 10.9 Å². The van der Waals surface area contributed by atoms with Gasteiger partial charge in [0.25, 0.3) is 0 Å². The van der Waals surface area contributed by atoms with Crippen LogP contribution in [0.25, 0.3) is 0 Å². The van der Waals surface area contributed by atoms with Crippen LogP contribution in [0.15, 0.2) is 53.4 Å². The van der Waals surface area contributed by atoms with Crippen LogP contribution in [0.3, 0.4) is 0 Å². The van der Waals surface area contributed by atoms with E-state index >= 15 is 0 Å². The SMILES string of the molecule is NS(=O)(=O)c1ccc(CCCNC(=O)Nc2ccc(Cl)cc2)cc1. The number of carbonyl (C=O) groups is 1. The molecule has 4 N–H and O–H groups in total. The average molecular weight is 368 g/mol. The predicted molar refractivity (Wildman–Crippen MR) is 94.6 cm³/mol. The summed E-state index contributed by atoms with van der Waals surface area (Å²) in [6.07, 6.45) is 1.44. The van der Waals surface area contributed by atoms with Gasteiger partial charge >= 0.3 is 6.03 Å². The van der Waals surface area contributed by atoms with Crippen molar-refractivity contribution in [2.24, 2.45) is 5.14 Å². The Hall–Kier alpha value is -2.09. The summed E-state index contributed by atoms with van der Waals surface area (Å²) in [5.74, 6) is 0. The predicted octanol–water partition coefficient (Wildman–Crippen LogP) is 2.74. The standard InChI is InChI=1S/C16H18ClN3O3S/c17-13-5-7-14(8-6-13)20-16(21)19-11-1-2-12-3-9-15(10-4-12)24(18,22)23/h3-10H,1-2,11H2,(H2,18,22,23)(H2,19,20,21). The fourth-order valence-corrected chi connectivity index (χ4v) is 2.69. The number of nitrogens with two attached hydrogens (primary N) is 1. The van der Waals surface area contributed by atoms with Gasteiger partial charge in [0.1, 0.15) is 0 Å².